The lowest BCUT2D eigenvalue weighted by Gasteiger charge is -2.32. The molecular weight excluding hydrogens is 434 g/mol. The summed E-state index contributed by atoms with van der Waals surface area (Å²) in [5, 5.41) is 4.21. The highest BCUT2D eigenvalue weighted by molar-refractivity contribution is 6.08. The smallest absolute Gasteiger partial charge is 0.253 e. The van der Waals surface area contributed by atoms with Crippen LogP contribution in [0.3, 0.4) is 0 Å². The van der Waals surface area contributed by atoms with Crippen LogP contribution in [0.15, 0.2) is 78.9 Å². The van der Waals surface area contributed by atoms with E-state index >= 15 is 0 Å². The van der Waals surface area contributed by atoms with Gasteiger partial charge in [-0.25, -0.2) is 0 Å². The summed E-state index contributed by atoms with van der Waals surface area (Å²) in [4.78, 5) is 19.2. The second-order valence-corrected chi connectivity index (χ2v) is 9.43. The van der Waals surface area contributed by atoms with Crippen LogP contribution in [0.1, 0.15) is 40.0 Å². The molecule has 1 amide bonds. The molecule has 1 aliphatic heterocycles. The fraction of sp³-hybridized carbons (Fsp3) is 0.300. The molecule has 2 heterocycles. The molecule has 0 radical (unpaired) electrons. The second-order valence-electron chi connectivity index (χ2n) is 9.43. The van der Waals surface area contributed by atoms with Gasteiger partial charge >= 0.3 is 0 Å². The molecule has 5 nitrogen and oxygen atoms in total. The highest BCUT2D eigenvalue weighted by Gasteiger charge is 2.23. The summed E-state index contributed by atoms with van der Waals surface area (Å²) >= 11 is 0. The van der Waals surface area contributed by atoms with Crippen molar-refractivity contribution in [2.24, 2.45) is 0 Å². The summed E-state index contributed by atoms with van der Waals surface area (Å²) in [6.07, 6.45) is 3.03. The summed E-state index contributed by atoms with van der Waals surface area (Å²) in [5.41, 5.74) is 5.06. The number of aromatic nitrogens is 1. The molecule has 1 aliphatic rings. The average Bonchev–Trinajstić information content (AvgIpc) is 3.23. The van der Waals surface area contributed by atoms with Crippen molar-refractivity contribution in [1.29, 1.82) is 0 Å². The Hall–Kier alpha value is -3.57. The van der Waals surface area contributed by atoms with Crippen LogP contribution in [0, 0.1) is 6.92 Å². The molecule has 35 heavy (non-hydrogen) atoms. The molecule has 0 unspecified atom stereocenters. The predicted octanol–water partition coefficient (Wildman–Crippen LogP) is 5.49. The van der Waals surface area contributed by atoms with Gasteiger partial charge in [-0.1, -0.05) is 60.7 Å². The van der Waals surface area contributed by atoms with E-state index in [1.54, 1.807) is 0 Å². The fourth-order valence-corrected chi connectivity index (χ4v) is 4.92. The lowest BCUT2D eigenvalue weighted by atomic mass is 10.0. The number of nitrogens with zero attached hydrogens (tertiary/aromatic N) is 1. The van der Waals surface area contributed by atoms with Crippen LogP contribution in [-0.4, -0.2) is 41.5 Å². The number of likely N-dealkylation sites (tertiary alicyclic amines) is 1. The molecule has 0 aliphatic carbocycles. The first-order valence-electron chi connectivity index (χ1n) is 12.5. The van der Waals surface area contributed by atoms with Crippen LogP contribution in [0.25, 0.3) is 10.9 Å². The number of amides is 1. The number of aryl methyl sites for hydroxylation is 1. The fourth-order valence-electron chi connectivity index (χ4n) is 4.92. The summed E-state index contributed by atoms with van der Waals surface area (Å²) in [6, 6.07) is 26.9. The normalized spacial score (nSPS) is 14.8. The third-order valence-corrected chi connectivity index (χ3v) is 6.92. The zero-order valence-electron chi connectivity index (χ0n) is 20.3. The van der Waals surface area contributed by atoms with Crippen molar-refractivity contribution < 1.29 is 9.53 Å². The summed E-state index contributed by atoms with van der Waals surface area (Å²) in [7, 11) is 0. The number of nitrogens with one attached hydrogen (secondary N) is 2. The van der Waals surface area contributed by atoms with Crippen LogP contribution >= 0.6 is 0 Å². The molecule has 1 aromatic heterocycles. The molecule has 1 saturated heterocycles. The minimum atomic E-state index is -0.00306. The van der Waals surface area contributed by atoms with Gasteiger partial charge in [-0.2, -0.15) is 0 Å². The first kappa shape index (κ1) is 23.2. The summed E-state index contributed by atoms with van der Waals surface area (Å²) in [5.74, 6) is 0.762. The molecule has 2 N–H and O–H groups in total. The Balaban J connectivity index is 1.19. The van der Waals surface area contributed by atoms with E-state index in [0.717, 1.165) is 72.4 Å². The van der Waals surface area contributed by atoms with Gasteiger partial charge in [-0.3, -0.25) is 4.79 Å². The van der Waals surface area contributed by atoms with E-state index in [-0.39, 0.29) is 11.9 Å². The van der Waals surface area contributed by atoms with Gasteiger partial charge in [0.25, 0.3) is 5.91 Å². The highest BCUT2D eigenvalue weighted by Crippen LogP contribution is 2.27. The number of fused-ring (bicyclic) bond motifs is 1. The number of benzene rings is 3. The molecule has 4 aromatic rings. The van der Waals surface area contributed by atoms with Crippen LogP contribution in [0.4, 0.5) is 0 Å². The molecule has 5 heteroatoms. The van der Waals surface area contributed by atoms with Gasteiger partial charge in [-0.05, 0) is 55.5 Å². The van der Waals surface area contributed by atoms with Gasteiger partial charge in [-0.15, -0.1) is 0 Å². The first-order valence-corrected chi connectivity index (χ1v) is 12.5. The van der Waals surface area contributed by atoms with Crippen LogP contribution < -0.4 is 10.1 Å². The summed E-state index contributed by atoms with van der Waals surface area (Å²) < 4.78 is 6.01. The monoisotopic (exact) mass is 467 g/mol. The van der Waals surface area contributed by atoms with Crippen LogP contribution in [-0.2, 0) is 13.0 Å². The first-order chi connectivity index (χ1) is 17.2. The number of hydrogen-bond acceptors (Lipinski definition) is 3. The average molecular weight is 468 g/mol. The van der Waals surface area contributed by atoms with Gasteiger partial charge in [0.15, 0.2) is 0 Å². The van der Waals surface area contributed by atoms with E-state index in [9.17, 15) is 4.79 Å². The molecule has 0 spiro atoms. The molecular formula is C30H33N3O2. The number of piperidine rings is 1. The minimum absolute atomic E-state index is 0.00306. The summed E-state index contributed by atoms with van der Waals surface area (Å²) in [6.45, 7) is 5.56. The predicted molar refractivity (Wildman–Crippen MR) is 141 cm³/mol. The van der Waals surface area contributed by atoms with E-state index in [4.69, 9.17) is 4.74 Å². The van der Waals surface area contributed by atoms with Crippen molar-refractivity contribution in [3.05, 3.63) is 101 Å². The van der Waals surface area contributed by atoms with Crippen molar-refractivity contribution in [1.82, 2.24) is 15.2 Å². The van der Waals surface area contributed by atoms with E-state index in [0.29, 0.717) is 6.61 Å². The Morgan fingerprint density at radius 2 is 1.66 bits per heavy atom. The number of carbonyl (C=O) groups is 1. The lowest BCUT2D eigenvalue weighted by Crippen LogP contribution is -2.45. The third kappa shape index (κ3) is 5.75. The van der Waals surface area contributed by atoms with Gasteiger partial charge in [0.1, 0.15) is 12.4 Å². The van der Waals surface area contributed by atoms with Crippen molar-refractivity contribution in [2.45, 2.75) is 38.8 Å². The number of carbonyl (C=O) groups excluding carboxylic acids is 1. The van der Waals surface area contributed by atoms with E-state index in [2.05, 4.69) is 45.5 Å². The van der Waals surface area contributed by atoms with E-state index in [1.807, 2.05) is 55.5 Å². The van der Waals surface area contributed by atoms with Gasteiger partial charge in [0, 0.05) is 42.3 Å². The zero-order chi connectivity index (χ0) is 24.0. The van der Waals surface area contributed by atoms with Gasteiger partial charge in [0.05, 0.1) is 5.56 Å². The third-order valence-electron chi connectivity index (χ3n) is 6.92. The maximum atomic E-state index is 13.3. The van der Waals surface area contributed by atoms with Gasteiger partial charge < -0.3 is 19.9 Å². The largest absolute Gasteiger partial charge is 0.489 e. The van der Waals surface area contributed by atoms with Gasteiger partial charge in [0.2, 0.25) is 0 Å². The second kappa shape index (κ2) is 10.8. The number of hydrogen-bond donors (Lipinski definition) is 2. The Kier molecular flexibility index (Phi) is 7.15. The molecule has 5 rings (SSSR count). The van der Waals surface area contributed by atoms with Crippen LogP contribution in [0.2, 0.25) is 0 Å². The van der Waals surface area contributed by atoms with E-state index in [1.165, 1.54) is 5.56 Å². The Morgan fingerprint density at radius 3 is 2.37 bits per heavy atom. The Bertz CT molecular complexity index is 1260. The maximum absolute atomic E-state index is 13.3. The maximum Gasteiger partial charge on any atom is 0.253 e. The van der Waals surface area contributed by atoms with Crippen molar-refractivity contribution in [2.75, 3.05) is 19.6 Å². The number of aromatic amines is 1. The molecule has 0 bridgehead atoms. The molecule has 0 saturated carbocycles. The Morgan fingerprint density at radius 1 is 0.971 bits per heavy atom. The van der Waals surface area contributed by atoms with Crippen LogP contribution in [0.5, 0.6) is 5.75 Å². The molecule has 180 valence electrons. The Labute approximate surface area is 207 Å². The molecule has 1 fully saturated rings. The molecule has 0 atom stereocenters. The molecule has 3 aromatic carbocycles. The van der Waals surface area contributed by atoms with E-state index < -0.39 is 0 Å². The van der Waals surface area contributed by atoms with Crippen molar-refractivity contribution in [3.8, 4) is 5.75 Å². The number of H-pyrrole nitrogens is 1. The SMILES string of the molecule is Cc1[nH]c2ccc(OCc3ccccc3)cc2c1C(=O)NC1CCN(CCc2ccccc2)CC1. The number of ether oxygens (including phenoxy) is 1. The zero-order valence-corrected chi connectivity index (χ0v) is 20.3. The highest BCUT2D eigenvalue weighted by atomic mass is 16.5. The lowest BCUT2D eigenvalue weighted by molar-refractivity contribution is 0.0912. The quantitative estimate of drug-likeness (QED) is 0.360. The standard InChI is InChI=1S/C30H33N3O2/c1-22-29(27-20-26(12-13-28(27)31-22)35-21-24-10-6-3-7-11-24)30(34)32-25-15-18-33(19-16-25)17-14-23-8-4-2-5-9-23/h2-13,20,25,31H,14-19,21H2,1H3,(H,32,34). The van der Waals surface area contributed by atoms with Crippen molar-refractivity contribution in [3.63, 3.8) is 0 Å². The topological polar surface area (TPSA) is 57.4 Å². The number of rotatable bonds is 8. The minimum Gasteiger partial charge on any atom is -0.489 e. The van der Waals surface area contributed by atoms with Crippen molar-refractivity contribution >= 4 is 16.8 Å².